The van der Waals surface area contributed by atoms with Crippen LogP contribution in [-0.2, 0) is 16.6 Å². The molecule has 0 aliphatic heterocycles. The molecule has 0 radical (unpaired) electrons. The highest BCUT2D eigenvalue weighted by atomic mass is 35.5. The monoisotopic (exact) mass is 613 g/mol. The molecular weight excluding hydrogens is 591 g/mol. The Morgan fingerprint density at radius 1 is 1.05 bits per heavy atom. The van der Waals surface area contributed by atoms with E-state index in [9.17, 15) is 12.8 Å². The van der Waals surface area contributed by atoms with Crippen LogP contribution in [0.15, 0.2) is 65.0 Å². The number of ether oxygens (including phenoxy) is 2. The molecule has 1 heterocycles. The fraction of sp³-hybridized carbons (Fsp3) is 0.192. The van der Waals surface area contributed by atoms with Crippen LogP contribution < -0.4 is 19.1 Å². The summed E-state index contributed by atoms with van der Waals surface area (Å²) < 4.78 is 69.0. The minimum absolute atomic E-state index is 0.0784. The molecule has 0 amide bonds. The van der Waals surface area contributed by atoms with Crippen molar-refractivity contribution in [3.05, 3.63) is 92.9 Å². The first-order valence-corrected chi connectivity index (χ1v) is 14.5. The van der Waals surface area contributed by atoms with Crippen LogP contribution in [0.1, 0.15) is 24.1 Å². The fourth-order valence-electron chi connectivity index (χ4n) is 3.84. The zero-order chi connectivity index (χ0) is 28.3. The topological polar surface area (TPSA) is 80.8 Å². The number of hydrogen-bond acceptors (Lipinski definition) is 7. The number of thiazole rings is 1. The highest BCUT2D eigenvalue weighted by molar-refractivity contribution is 7.93. The molecule has 39 heavy (non-hydrogen) atoms. The van der Waals surface area contributed by atoms with Crippen LogP contribution in [0.4, 0.5) is 19.6 Å². The number of methoxy groups -OCH3 is 2. The van der Waals surface area contributed by atoms with Gasteiger partial charge < -0.3 is 14.8 Å². The Morgan fingerprint density at radius 2 is 1.82 bits per heavy atom. The first-order valence-electron chi connectivity index (χ1n) is 11.4. The largest absolute Gasteiger partial charge is 0.497 e. The van der Waals surface area contributed by atoms with E-state index in [1.54, 1.807) is 30.5 Å². The van der Waals surface area contributed by atoms with Gasteiger partial charge >= 0.3 is 0 Å². The molecule has 4 aromatic rings. The summed E-state index contributed by atoms with van der Waals surface area (Å²) in [5, 5.41) is 4.90. The first kappa shape index (κ1) is 28.9. The van der Waals surface area contributed by atoms with Gasteiger partial charge in [0.05, 0.1) is 37.5 Å². The van der Waals surface area contributed by atoms with Gasteiger partial charge in [-0.2, -0.15) is 0 Å². The van der Waals surface area contributed by atoms with Crippen molar-refractivity contribution >= 4 is 55.4 Å². The molecule has 0 fully saturated rings. The summed E-state index contributed by atoms with van der Waals surface area (Å²) in [6.45, 7) is 1.44. The molecule has 0 aliphatic rings. The van der Waals surface area contributed by atoms with Gasteiger partial charge in [-0.25, -0.2) is 26.5 Å². The molecular formula is C26H23Cl2F2N3O4S2. The van der Waals surface area contributed by atoms with Crippen LogP contribution in [0.3, 0.4) is 0 Å². The smallest absolute Gasteiger partial charge is 0.269 e. The number of nitrogens with zero attached hydrogens (tertiary/aromatic N) is 2. The molecule has 0 bridgehead atoms. The summed E-state index contributed by atoms with van der Waals surface area (Å²) in [4.78, 5) is 3.49. The van der Waals surface area contributed by atoms with Crippen molar-refractivity contribution in [2.45, 2.75) is 24.4 Å². The number of nitrogens with one attached hydrogen (secondary N) is 1. The van der Waals surface area contributed by atoms with E-state index in [0.29, 0.717) is 22.1 Å². The van der Waals surface area contributed by atoms with E-state index in [1.807, 2.05) is 0 Å². The highest BCUT2D eigenvalue weighted by Crippen LogP contribution is 2.36. The van der Waals surface area contributed by atoms with Gasteiger partial charge in [0.25, 0.3) is 10.0 Å². The lowest BCUT2D eigenvalue weighted by atomic mass is 10.1. The van der Waals surface area contributed by atoms with E-state index < -0.39 is 32.6 Å². The molecule has 0 aliphatic carbocycles. The number of rotatable bonds is 10. The van der Waals surface area contributed by atoms with Crippen molar-refractivity contribution in [2.75, 3.05) is 23.8 Å². The Balaban J connectivity index is 1.70. The quantitative estimate of drug-likeness (QED) is 0.202. The average molecular weight is 615 g/mol. The molecule has 4 rings (SSSR count). The summed E-state index contributed by atoms with van der Waals surface area (Å²) in [5.41, 5.74) is 0.816. The van der Waals surface area contributed by atoms with E-state index in [2.05, 4.69) is 10.3 Å². The molecule has 13 heteroatoms. The third kappa shape index (κ3) is 6.22. The van der Waals surface area contributed by atoms with Gasteiger partial charge in [-0.3, -0.25) is 0 Å². The summed E-state index contributed by atoms with van der Waals surface area (Å²) in [5.74, 6) is -0.661. The summed E-state index contributed by atoms with van der Waals surface area (Å²) in [7, 11) is -1.55. The molecule has 206 valence electrons. The lowest BCUT2D eigenvalue weighted by Crippen LogP contribution is -2.31. The van der Waals surface area contributed by atoms with Crippen LogP contribution >= 0.6 is 34.5 Å². The molecule has 0 spiro atoms. The number of aromatic nitrogens is 1. The molecule has 3 aromatic carbocycles. The second-order valence-corrected chi connectivity index (χ2v) is 11.8. The number of hydrogen-bond donors (Lipinski definition) is 1. The normalized spacial score (nSPS) is 12.2. The Kier molecular flexibility index (Phi) is 8.85. The lowest BCUT2D eigenvalue weighted by Gasteiger charge is -2.24. The predicted octanol–water partition coefficient (Wildman–Crippen LogP) is 7.31. The SMILES string of the molecule is COc1ccc(CN(c2nccs2)S(=O)(=O)c2cc(Cl)c(N[C@@H](C)c3cc(Cl)ccc3F)cc2F)c(OC)c1. The second-order valence-electron chi connectivity index (χ2n) is 8.30. The maximum Gasteiger partial charge on any atom is 0.269 e. The van der Waals surface area contributed by atoms with Gasteiger partial charge in [-0.1, -0.05) is 23.2 Å². The van der Waals surface area contributed by atoms with Crippen LogP contribution in [0, 0.1) is 11.6 Å². The lowest BCUT2D eigenvalue weighted by molar-refractivity contribution is 0.391. The van der Waals surface area contributed by atoms with Gasteiger partial charge in [0.1, 0.15) is 28.0 Å². The maximum atomic E-state index is 15.4. The summed E-state index contributed by atoms with van der Waals surface area (Å²) in [6, 6.07) is 10.3. The molecule has 1 N–H and O–H groups in total. The predicted molar refractivity (Wildman–Crippen MR) is 150 cm³/mol. The third-order valence-corrected chi connectivity index (χ3v) is 9.04. The van der Waals surface area contributed by atoms with E-state index in [-0.39, 0.29) is 27.9 Å². The van der Waals surface area contributed by atoms with E-state index >= 15 is 4.39 Å². The Bertz CT molecular complexity index is 1590. The number of benzene rings is 3. The number of halogens is 4. The molecule has 0 saturated carbocycles. The summed E-state index contributed by atoms with van der Waals surface area (Å²) >= 11 is 13.5. The minimum atomic E-state index is -4.50. The number of sulfonamides is 1. The Morgan fingerprint density at radius 3 is 2.49 bits per heavy atom. The van der Waals surface area contributed by atoms with E-state index in [0.717, 1.165) is 27.8 Å². The van der Waals surface area contributed by atoms with Crippen LogP contribution in [-0.4, -0.2) is 27.6 Å². The standard InChI is InChI=1S/C26H23Cl2F2N3O4S2/c1-15(19-10-17(27)5-7-21(19)29)32-23-13-22(30)25(12-20(23)28)39(34,35)33(26-31-8-9-38-26)14-16-4-6-18(36-2)11-24(16)37-3/h4-13,15,32H,14H2,1-3H3/t15-/m0/s1. The van der Waals surface area contributed by atoms with Crippen molar-refractivity contribution in [3.63, 3.8) is 0 Å². The zero-order valence-electron chi connectivity index (χ0n) is 20.9. The zero-order valence-corrected chi connectivity index (χ0v) is 24.1. The van der Waals surface area contributed by atoms with Crippen molar-refractivity contribution in [3.8, 4) is 11.5 Å². The fourth-order valence-corrected chi connectivity index (χ4v) is 6.65. The van der Waals surface area contributed by atoms with Crippen LogP contribution in [0.2, 0.25) is 10.0 Å². The van der Waals surface area contributed by atoms with Gasteiger partial charge in [0.15, 0.2) is 5.13 Å². The highest BCUT2D eigenvalue weighted by Gasteiger charge is 2.32. The van der Waals surface area contributed by atoms with E-state index in [4.69, 9.17) is 32.7 Å². The molecule has 1 atom stereocenters. The van der Waals surface area contributed by atoms with Gasteiger partial charge in [-0.05, 0) is 49.4 Å². The maximum absolute atomic E-state index is 15.4. The van der Waals surface area contributed by atoms with Crippen molar-refractivity contribution < 1.29 is 26.7 Å². The Labute approximate surface area is 239 Å². The first-order chi connectivity index (χ1) is 18.5. The molecule has 7 nitrogen and oxygen atoms in total. The van der Waals surface area contributed by atoms with Crippen LogP contribution in [0.25, 0.3) is 0 Å². The molecule has 1 aromatic heterocycles. The van der Waals surface area contributed by atoms with Crippen LogP contribution in [0.5, 0.6) is 11.5 Å². The summed E-state index contributed by atoms with van der Waals surface area (Å²) in [6.07, 6.45) is 1.44. The van der Waals surface area contributed by atoms with Crippen molar-refractivity contribution in [2.24, 2.45) is 0 Å². The third-order valence-electron chi connectivity index (χ3n) is 5.83. The van der Waals surface area contributed by atoms with Gasteiger partial charge in [-0.15, -0.1) is 11.3 Å². The average Bonchev–Trinajstić information content (AvgIpc) is 3.44. The van der Waals surface area contributed by atoms with Gasteiger partial charge in [0, 0.05) is 33.8 Å². The number of anilines is 2. The van der Waals surface area contributed by atoms with E-state index in [1.165, 1.54) is 38.6 Å². The molecule has 0 saturated heterocycles. The minimum Gasteiger partial charge on any atom is -0.497 e. The van der Waals surface area contributed by atoms with Gasteiger partial charge in [0.2, 0.25) is 0 Å². The van der Waals surface area contributed by atoms with Crippen molar-refractivity contribution in [1.82, 2.24) is 4.98 Å². The molecule has 0 unspecified atom stereocenters. The second kappa shape index (κ2) is 12.0. The van der Waals surface area contributed by atoms with Crippen molar-refractivity contribution in [1.29, 1.82) is 0 Å². The Hall–Kier alpha value is -3.12.